The average Bonchev–Trinajstić information content (AvgIpc) is 2.49. The smallest absolute Gasteiger partial charge is 0.455 e. The molecule has 0 aromatic carbocycles. The van der Waals surface area contributed by atoms with E-state index in [-0.39, 0.29) is 10.8 Å². The number of rotatable bonds is 1. The van der Waals surface area contributed by atoms with E-state index in [1.165, 1.54) is 0 Å². The average molecular weight is 250 g/mol. The van der Waals surface area contributed by atoms with Crippen LogP contribution in [0.25, 0.3) is 0 Å². The molecule has 0 aliphatic heterocycles. The highest BCUT2D eigenvalue weighted by atomic mass is 19.4. The Morgan fingerprint density at radius 1 is 1.29 bits per heavy atom. The maximum absolute atomic E-state index is 12.2. The van der Waals surface area contributed by atoms with Gasteiger partial charge in [0.05, 0.1) is 0 Å². The maximum atomic E-state index is 12.2. The minimum absolute atomic E-state index is 0.0520. The van der Waals surface area contributed by atoms with Crippen LogP contribution in [0, 0.1) is 16.7 Å². The lowest BCUT2D eigenvalue weighted by Gasteiger charge is -2.38. The highest BCUT2D eigenvalue weighted by molar-refractivity contribution is 5.75. The van der Waals surface area contributed by atoms with Crippen LogP contribution in [-0.2, 0) is 9.53 Å². The van der Waals surface area contributed by atoms with Crippen molar-refractivity contribution in [3.05, 3.63) is 0 Å². The van der Waals surface area contributed by atoms with Crippen molar-refractivity contribution in [2.24, 2.45) is 16.7 Å². The van der Waals surface area contributed by atoms with Crippen molar-refractivity contribution < 1.29 is 22.7 Å². The van der Waals surface area contributed by atoms with Gasteiger partial charge in [-0.05, 0) is 30.6 Å². The van der Waals surface area contributed by atoms with Crippen LogP contribution < -0.4 is 0 Å². The number of hydrogen-bond donors (Lipinski definition) is 0. The summed E-state index contributed by atoms with van der Waals surface area (Å²) >= 11 is 0. The van der Waals surface area contributed by atoms with Crippen LogP contribution in [-0.4, -0.2) is 18.2 Å². The minimum atomic E-state index is -4.89. The van der Waals surface area contributed by atoms with E-state index in [0.717, 1.165) is 12.8 Å². The number of esters is 1. The van der Waals surface area contributed by atoms with Crippen molar-refractivity contribution in [1.82, 2.24) is 0 Å². The standard InChI is InChI=1S/C12H17F3O2/c1-10(2)7-4-5-11(10,3)8(6-7)17-9(16)12(13,14)15/h7-8H,4-6H2,1-3H3/t7-,8-,11-/m0/s1. The fraction of sp³-hybridized carbons (Fsp3) is 0.917. The molecule has 17 heavy (non-hydrogen) atoms. The summed E-state index contributed by atoms with van der Waals surface area (Å²) in [6.07, 6.45) is -3.07. The van der Waals surface area contributed by atoms with Gasteiger partial charge >= 0.3 is 12.1 Å². The summed E-state index contributed by atoms with van der Waals surface area (Å²) in [5, 5.41) is 0. The van der Waals surface area contributed by atoms with Crippen molar-refractivity contribution in [2.45, 2.75) is 52.3 Å². The molecule has 3 atom stereocenters. The first-order valence-corrected chi connectivity index (χ1v) is 5.87. The van der Waals surface area contributed by atoms with E-state index in [9.17, 15) is 18.0 Å². The van der Waals surface area contributed by atoms with Gasteiger partial charge in [-0.15, -0.1) is 0 Å². The molecule has 98 valence electrons. The van der Waals surface area contributed by atoms with E-state index in [4.69, 9.17) is 0 Å². The first-order chi connectivity index (χ1) is 7.59. The van der Waals surface area contributed by atoms with Crippen LogP contribution in [0.1, 0.15) is 40.0 Å². The molecule has 0 amide bonds. The fourth-order valence-electron chi connectivity index (χ4n) is 3.50. The summed E-state index contributed by atoms with van der Waals surface area (Å²) in [5.74, 6) is -1.69. The Morgan fingerprint density at radius 2 is 1.88 bits per heavy atom. The second-order valence-corrected chi connectivity index (χ2v) is 6.00. The molecule has 0 unspecified atom stereocenters. The molecule has 5 heteroatoms. The molecule has 2 fully saturated rings. The summed E-state index contributed by atoms with van der Waals surface area (Å²) in [7, 11) is 0. The van der Waals surface area contributed by atoms with Crippen molar-refractivity contribution in [3.63, 3.8) is 0 Å². The Hall–Kier alpha value is -0.740. The summed E-state index contributed by atoms with van der Waals surface area (Å²) < 4.78 is 41.2. The van der Waals surface area contributed by atoms with Crippen molar-refractivity contribution in [1.29, 1.82) is 0 Å². The van der Waals surface area contributed by atoms with Gasteiger partial charge in [-0.25, -0.2) is 4.79 Å². The van der Waals surface area contributed by atoms with Gasteiger partial charge in [0.15, 0.2) is 0 Å². The molecule has 2 aliphatic carbocycles. The SMILES string of the molecule is CC1(C)[C@H]2CC[C@@]1(C)[C@@H](OC(=O)C(F)(F)F)C2. The molecule has 0 aromatic heterocycles. The zero-order valence-electron chi connectivity index (χ0n) is 10.2. The second-order valence-electron chi connectivity index (χ2n) is 6.00. The van der Waals surface area contributed by atoms with Crippen LogP contribution in [0.4, 0.5) is 13.2 Å². The molecule has 0 spiro atoms. The number of alkyl halides is 3. The molecule has 2 aliphatic rings. The highest BCUT2D eigenvalue weighted by Gasteiger charge is 2.63. The fourth-order valence-corrected chi connectivity index (χ4v) is 3.50. The van der Waals surface area contributed by atoms with Crippen molar-refractivity contribution in [3.8, 4) is 0 Å². The molecule has 0 heterocycles. The number of hydrogen-bond acceptors (Lipinski definition) is 2. The van der Waals surface area contributed by atoms with E-state index in [1.807, 2.05) is 6.92 Å². The summed E-state index contributed by atoms with van der Waals surface area (Å²) in [6, 6.07) is 0. The number of ether oxygens (including phenoxy) is 1. The van der Waals surface area contributed by atoms with Gasteiger partial charge in [0.1, 0.15) is 6.10 Å². The monoisotopic (exact) mass is 250 g/mol. The number of carbonyl (C=O) groups is 1. The number of carbonyl (C=O) groups excluding carboxylic acids is 1. The van der Waals surface area contributed by atoms with Gasteiger partial charge < -0.3 is 4.74 Å². The Balaban J connectivity index is 2.14. The topological polar surface area (TPSA) is 26.3 Å². The lowest BCUT2D eigenvalue weighted by Crippen LogP contribution is -2.41. The van der Waals surface area contributed by atoms with Crippen LogP contribution in [0.15, 0.2) is 0 Å². The number of fused-ring (bicyclic) bond motifs is 2. The minimum Gasteiger partial charge on any atom is -0.455 e. The molecule has 2 bridgehead atoms. The quantitative estimate of drug-likeness (QED) is 0.667. The molecule has 2 rings (SSSR count). The third-order valence-corrected chi connectivity index (χ3v) is 5.19. The van der Waals surface area contributed by atoms with Gasteiger partial charge in [-0.1, -0.05) is 20.8 Å². The van der Waals surface area contributed by atoms with Gasteiger partial charge in [-0.2, -0.15) is 13.2 Å². The van der Waals surface area contributed by atoms with E-state index in [2.05, 4.69) is 18.6 Å². The molecule has 0 aromatic rings. The zero-order chi connectivity index (χ0) is 13.1. The zero-order valence-corrected chi connectivity index (χ0v) is 10.2. The van der Waals surface area contributed by atoms with Crippen LogP contribution in [0.3, 0.4) is 0 Å². The summed E-state index contributed by atoms with van der Waals surface area (Å²) in [5.41, 5.74) is -0.373. The van der Waals surface area contributed by atoms with Gasteiger partial charge in [-0.3, -0.25) is 0 Å². The van der Waals surface area contributed by atoms with Gasteiger partial charge in [0.2, 0.25) is 0 Å². The molecule has 0 saturated heterocycles. The number of halogens is 3. The summed E-state index contributed by atoms with van der Waals surface area (Å²) in [6.45, 7) is 6.06. The molecular weight excluding hydrogens is 233 g/mol. The van der Waals surface area contributed by atoms with Gasteiger partial charge in [0, 0.05) is 5.41 Å². The molecule has 2 saturated carbocycles. The molecule has 0 N–H and O–H groups in total. The Morgan fingerprint density at radius 3 is 2.24 bits per heavy atom. The Bertz CT molecular complexity index is 348. The van der Waals surface area contributed by atoms with E-state index >= 15 is 0 Å². The lowest BCUT2D eigenvalue weighted by molar-refractivity contribution is -0.210. The highest BCUT2D eigenvalue weighted by Crippen LogP contribution is 2.66. The Kier molecular flexibility index (Phi) is 2.53. The third-order valence-electron chi connectivity index (χ3n) is 5.19. The first kappa shape index (κ1) is 12.7. The molecule has 2 nitrogen and oxygen atoms in total. The predicted molar refractivity (Wildman–Crippen MR) is 55.2 cm³/mol. The predicted octanol–water partition coefficient (Wildman–Crippen LogP) is 3.31. The molecule has 0 radical (unpaired) electrons. The van der Waals surface area contributed by atoms with E-state index in [1.54, 1.807) is 0 Å². The van der Waals surface area contributed by atoms with Gasteiger partial charge in [0.25, 0.3) is 0 Å². The van der Waals surface area contributed by atoms with Crippen LogP contribution >= 0.6 is 0 Å². The summed E-state index contributed by atoms with van der Waals surface area (Å²) in [4.78, 5) is 10.9. The normalized spacial score (nSPS) is 39.4. The van der Waals surface area contributed by atoms with Crippen LogP contribution in [0.5, 0.6) is 0 Å². The second kappa shape index (κ2) is 3.39. The van der Waals surface area contributed by atoms with E-state index < -0.39 is 18.2 Å². The maximum Gasteiger partial charge on any atom is 0.490 e. The van der Waals surface area contributed by atoms with E-state index in [0.29, 0.717) is 12.3 Å². The lowest BCUT2D eigenvalue weighted by atomic mass is 9.70. The molecular formula is C12H17F3O2. The largest absolute Gasteiger partial charge is 0.490 e. The first-order valence-electron chi connectivity index (χ1n) is 5.87. The third kappa shape index (κ3) is 1.66. The van der Waals surface area contributed by atoms with Crippen LogP contribution in [0.2, 0.25) is 0 Å². The van der Waals surface area contributed by atoms with Crippen molar-refractivity contribution >= 4 is 5.97 Å². The Labute approximate surface area is 98.5 Å². The van der Waals surface area contributed by atoms with Crippen molar-refractivity contribution in [2.75, 3.05) is 0 Å².